The number of hydrogen-bond acceptors (Lipinski definition) is 4. The molecule has 0 amide bonds. The van der Waals surface area contributed by atoms with Gasteiger partial charge in [0, 0.05) is 18.6 Å². The van der Waals surface area contributed by atoms with Gasteiger partial charge in [0.15, 0.2) is 5.90 Å². The van der Waals surface area contributed by atoms with Crippen molar-refractivity contribution in [3.8, 4) is 12.3 Å². The van der Waals surface area contributed by atoms with Gasteiger partial charge in [-0.1, -0.05) is 12.1 Å². The van der Waals surface area contributed by atoms with Gasteiger partial charge in [0.25, 0.3) is 5.69 Å². The van der Waals surface area contributed by atoms with Crippen molar-refractivity contribution in [2.75, 3.05) is 6.61 Å². The Balaban J connectivity index is 2.43. The third-order valence-electron chi connectivity index (χ3n) is 3.61. The Kier molecular flexibility index (Phi) is 3.73. The molecule has 21 heavy (non-hydrogen) atoms. The summed E-state index contributed by atoms with van der Waals surface area (Å²) in [4.78, 5) is 14.9. The lowest BCUT2D eigenvalue weighted by Gasteiger charge is -2.27. The largest absolute Gasteiger partial charge is 0.478 e. The first-order chi connectivity index (χ1) is 9.78. The molecule has 0 radical (unpaired) electrons. The number of nitro benzene ring substituents is 1. The minimum Gasteiger partial charge on any atom is -0.478 e. The van der Waals surface area contributed by atoms with E-state index in [1.54, 1.807) is 12.1 Å². The number of benzene rings is 1. The van der Waals surface area contributed by atoms with Gasteiger partial charge in [-0.3, -0.25) is 10.1 Å². The van der Waals surface area contributed by atoms with E-state index in [0.717, 1.165) is 5.56 Å². The predicted molar refractivity (Wildman–Crippen MR) is 81.4 cm³/mol. The maximum atomic E-state index is 10.8. The van der Waals surface area contributed by atoms with Gasteiger partial charge in [-0.15, -0.1) is 12.3 Å². The van der Waals surface area contributed by atoms with Crippen LogP contribution in [0.5, 0.6) is 0 Å². The van der Waals surface area contributed by atoms with E-state index in [2.05, 4.69) is 10.9 Å². The minimum absolute atomic E-state index is 0.0522. The lowest BCUT2D eigenvalue weighted by molar-refractivity contribution is -0.384. The summed E-state index contributed by atoms with van der Waals surface area (Å²) in [6.07, 6.45) is 5.91. The van der Waals surface area contributed by atoms with Crippen LogP contribution in [0.25, 0.3) is 0 Å². The molecule has 1 aliphatic heterocycles. The number of ether oxygens (including phenoxy) is 1. The highest BCUT2D eigenvalue weighted by Crippen LogP contribution is 2.35. The zero-order valence-corrected chi connectivity index (χ0v) is 12.4. The fourth-order valence-electron chi connectivity index (χ4n) is 2.32. The average molecular weight is 286 g/mol. The number of nitrogens with zero attached hydrogens (tertiary/aromatic N) is 2. The van der Waals surface area contributed by atoms with E-state index in [9.17, 15) is 10.1 Å². The minimum atomic E-state index is -0.572. The van der Waals surface area contributed by atoms with Crippen molar-refractivity contribution in [2.45, 2.75) is 38.1 Å². The molecule has 2 rings (SSSR count). The smallest absolute Gasteiger partial charge is 0.269 e. The first-order valence-electron chi connectivity index (χ1n) is 6.70. The molecule has 1 unspecified atom stereocenters. The number of aliphatic imine (C=N–C) groups is 1. The van der Waals surface area contributed by atoms with E-state index in [1.807, 2.05) is 20.8 Å². The fraction of sp³-hybridized carbons (Fsp3) is 0.438. The van der Waals surface area contributed by atoms with Gasteiger partial charge >= 0.3 is 0 Å². The first kappa shape index (κ1) is 15.0. The summed E-state index contributed by atoms with van der Waals surface area (Å²) in [5.74, 6) is 3.25. The molecule has 1 aromatic carbocycles. The van der Waals surface area contributed by atoms with Crippen LogP contribution in [0.4, 0.5) is 5.69 Å². The second kappa shape index (κ2) is 5.21. The number of nitro groups is 1. The van der Waals surface area contributed by atoms with Crippen LogP contribution >= 0.6 is 0 Å². The van der Waals surface area contributed by atoms with Crippen molar-refractivity contribution in [2.24, 2.45) is 4.99 Å². The maximum Gasteiger partial charge on any atom is 0.269 e. The van der Waals surface area contributed by atoms with Gasteiger partial charge in [-0.25, -0.2) is 4.99 Å². The summed E-state index contributed by atoms with van der Waals surface area (Å²) in [5.41, 5.74) is 0.0720. The predicted octanol–water partition coefficient (Wildman–Crippen LogP) is 3.08. The quantitative estimate of drug-likeness (QED) is 0.485. The Labute approximate surface area is 124 Å². The van der Waals surface area contributed by atoms with Gasteiger partial charge in [0.2, 0.25) is 0 Å². The Morgan fingerprint density at radius 2 is 2.10 bits per heavy atom. The zero-order valence-electron chi connectivity index (χ0n) is 12.4. The Morgan fingerprint density at radius 3 is 2.52 bits per heavy atom. The third-order valence-corrected chi connectivity index (χ3v) is 3.61. The molecule has 5 nitrogen and oxygen atoms in total. The van der Waals surface area contributed by atoms with E-state index in [1.165, 1.54) is 12.1 Å². The van der Waals surface area contributed by atoms with Crippen LogP contribution in [0.2, 0.25) is 0 Å². The number of non-ortho nitro benzene ring substituents is 1. The Hall–Kier alpha value is -2.35. The van der Waals surface area contributed by atoms with E-state index in [-0.39, 0.29) is 11.2 Å². The monoisotopic (exact) mass is 286 g/mol. The summed E-state index contributed by atoms with van der Waals surface area (Å²) in [5, 5.41) is 10.8. The molecule has 0 spiro atoms. The van der Waals surface area contributed by atoms with E-state index >= 15 is 0 Å². The molecule has 1 atom stereocenters. The normalized spacial score (nSPS) is 19.0. The molecular weight excluding hydrogens is 268 g/mol. The molecule has 0 aromatic heterocycles. The molecule has 1 aromatic rings. The van der Waals surface area contributed by atoms with E-state index < -0.39 is 10.3 Å². The van der Waals surface area contributed by atoms with Crippen molar-refractivity contribution < 1.29 is 9.66 Å². The van der Waals surface area contributed by atoms with Gasteiger partial charge in [0.1, 0.15) is 6.61 Å². The summed E-state index contributed by atoms with van der Waals surface area (Å²) in [6.45, 7) is 6.45. The second-order valence-electron chi connectivity index (χ2n) is 6.04. The molecule has 0 saturated carbocycles. The highest BCUT2D eigenvalue weighted by Gasteiger charge is 2.40. The lowest BCUT2D eigenvalue weighted by atomic mass is 9.79. The SMILES string of the molecule is C#CCC(C)(C1=NC(C)(C)CO1)c1ccc([N+](=O)[O-])cc1. The molecule has 0 fully saturated rings. The van der Waals surface area contributed by atoms with Crippen LogP contribution in [0.3, 0.4) is 0 Å². The molecular formula is C16H18N2O3. The first-order valence-corrected chi connectivity index (χ1v) is 6.70. The molecule has 110 valence electrons. The standard InChI is InChI=1S/C16H18N2O3/c1-5-10-16(4,14-17-15(2,3)11-21-14)12-6-8-13(9-7-12)18(19)20/h1,6-9H,10-11H2,2-4H3. The van der Waals surface area contributed by atoms with Crippen LogP contribution in [0.15, 0.2) is 29.3 Å². The van der Waals surface area contributed by atoms with Gasteiger partial charge < -0.3 is 4.74 Å². The fourth-order valence-corrected chi connectivity index (χ4v) is 2.32. The highest BCUT2D eigenvalue weighted by atomic mass is 16.6. The maximum absolute atomic E-state index is 10.8. The summed E-state index contributed by atoms with van der Waals surface area (Å²) in [7, 11) is 0. The van der Waals surface area contributed by atoms with Crippen molar-refractivity contribution in [3.63, 3.8) is 0 Å². The van der Waals surface area contributed by atoms with Crippen LogP contribution in [0.1, 0.15) is 32.8 Å². The molecule has 0 aliphatic carbocycles. The Morgan fingerprint density at radius 1 is 1.48 bits per heavy atom. The molecule has 0 bridgehead atoms. The third kappa shape index (κ3) is 2.89. The van der Waals surface area contributed by atoms with Crippen molar-refractivity contribution in [1.82, 2.24) is 0 Å². The summed E-state index contributed by atoms with van der Waals surface area (Å²) >= 11 is 0. The second-order valence-corrected chi connectivity index (χ2v) is 6.04. The molecule has 1 heterocycles. The zero-order chi connectivity index (χ0) is 15.7. The molecule has 0 saturated heterocycles. The van der Waals surface area contributed by atoms with Crippen molar-refractivity contribution in [3.05, 3.63) is 39.9 Å². The lowest BCUT2D eigenvalue weighted by Crippen LogP contribution is -2.32. The van der Waals surface area contributed by atoms with Crippen LogP contribution < -0.4 is 0 Å². The number of rotatable bonds is 4. The molecule has 1 aliphatic rings. The van der Waals surface area contributed by atoms with Gasteiger partial charge in [-0.05, 0) is 26.3 Å². The van der Waals surface area contributed by atoms with Crippen molar-refractivity contribution in [1.29, 1.82) is 0 Å². The van der Waals surface area contributed by atoms with Gasteiger partial charge in [-0.2, -0.15) is 0 Å². The number of hydrogen-bond donors (Lipinski definition) is 0. The summed E-state index contributed by atoms with van der Waals surface area (Å²) < 4.78 is 5.74. The van der Waals surface area contributed by atoms with Crippen molar-refractivity contribution >= 4 is 11.6 Å². The van der Waals surface area contributed by atoms with E-state index in [0.29, 0.717) is 18.9 Å². The summed E-state index contributed by atoms with van der Waals surface area (Å²) in [6, 6.07) is 6.38. The molecule has 0 N–H and O–H groups in total. The molecule has 5 heteroatoms. The van der Waals surface area contributed by atoms with Crippen LogP contribution in [-0.4, -0.2) is 23.0 Å². The highest BCUT2D eigenvalue weighted by molar-refractivity contribution is 5.89. The van der Waals surface area contributed by atoms with Gasteiger partial charge in [0.05, 0.1) is 15.9 Å². The Bertz CT molecular complexity index is 626. The average Bonchev–Trinajstić information content (AvgIpc) is 2.80. The van der Waals surface area contributed by atoms with Crippen LogP contribution in [0, 0.1) is 22.5 Å². The van der Waals surface area contributed by atoms with E-state index in [4.69, 9.17) is 11.2 Å². The van der Waals surface area contributed by atoms with Crippen LogP contribution in [-0.2, 0) is 10.2 Å². The topological polar surface area (TPSA) is 64.7 Å². The number of terminal acetylenes is 1.